The summed E-state index contributed by atoms with van der Waals surface area (Å²) in [5.74, 6) is -0.0590. The van der Waals surface area contributed by atoms with Crippen molar-refractivity contribution in [1.29, 1.82) is 0 Å². The molecular formula is C14H18FIN2O. The van der Waals surface area contributed by atoms with Gasteiger partial charge in [-0.1, -0.05) is 0 Å². The Hall–Kier alpha value is -0.850. The van der Waals surface area contributed by atoms with Gasteiger partial charge in [-0.05, 0) is 53.6 Å². The van der Waals surface area contributed by atoms with Gasteiger partial charge in [0.25, 0.3) is 0 Å². The first-order valence-corrected chi connectivity index (χ1v) is 7.49. The molecule has 19 heavy (non-hydrogen) atoms. The van der Waals surface area contributed by atoms with Crippen molar-refractivity contribution in [2.45, 2.75) is 25.8 Å². The summed E-state index contributed by atoms with van der Waals surface area (Å²) < 4.78 is 14.3. The van der Waals surface area contributed by atoms with E-state index < -0.39 is 0 Å². The second-order valence-corrected chi connectivity index (χ2v) is 6.22. The Balaban J connectivity index is 2.04. The van der Waals surface area contributed by atoms with Gasteiger partial charge in [-0.15, -0.1) is 0 Å². The molecule has 1 aromatic rings. The maximum atomic E-state index is 13.4. The zero-order chi connectivity index (χ0) is 14.0. The van der Waals surface area contributed by atoms with E-state index >= 15 is 0 Å². The lowest BCUT2D eigenvalue weighted by molar-refractivity contribution is -0.129. The third kappa shape index (κ3) is 3.58. The summed E-state index contributed by atoms with van der Waals surface area (Å²) in [7, 11) is 2.00. The van der Waals surface area contributed by atoms with Crippen LogP contribution in [0.25, 0.3) is 0 Å². The number of halogens is 2. The minimum Gasteiger partial charge on any atom is -0.371 e. The number of likely N-dealkylation sites (tertiary alicyclic amines) is 1. The second kappa shape index (κ2) is 6.07. The van der Waals surface area contributed by atoms with Crippen LogP contribution in [0.2, 0.25) is 0 Å². The highest BCUT2D eigenvalue weighted by Crippen LogP contribution is 2.24. The van der Waals surface area contributed by atoms with Crippen molar-refractivity contribution in [2.24, 2.45) is 0 Å². The van der Waals surface area contributed by atoms with Crippen LogP contribution in [0.15, 0.2) is 18.2 Å². The number of carbonyl (C=O) groups is 1. The lowest BCUT2D eigenvalue weighted by Crippen LogP contribution is -2.45. The third-order valence-electron chi connectivity index (χ3n) is 3.71. The maximum absolute atomic E-state index is 13.4. The van der Waals surface area contributed by atoms with E-state index in [2.05, 4.69) is 27.5 Å². The molecule has 1 amide bonds. The van der Waals surface area contributed by atoms with E-state index in [0.717, 1.165) is 35.2 Å². The van der Waals surface area contributed by atoms with Gasteiger partial charge in [0.15, 0.2) is 0 Å². The number of amides is 1. The predicted molar refractivity (Wildman–Crippen MR) is 82.8 cm³/mol. The van der Waals surface area contributed by atoms with Crippen molar-refractivity contribution >= 4 is 34.2 Å². The van der Waals surface area contributed by atoms with Crippen LogP contribution in [0.4, 0.5) is 10.1 Å². The van der Waals surface area contributed by atoms with Crippen molar-refractivity contribution < 1.29 is 9.18 Å². The van der Waals surface area contributed by atoms with Crippen LogP contribution in [-0.2, 0) is 4.79 Å². The van der Waals surface area contributed by atoms with Crippen molar-refractivity contribution in [3.05, 3.63) is 27.6 Å². The summed E-state index contributed by atoms with van der Waals surface area (Å²) >= 11 is 2.13. The Bertz CT molecular complexity index is 452. The van der Waals surface area contributed by atoms with E-state index in [1.54, 1.807) is 13.0 Å². The molecule has 3 nitrogen and oxygen atoms in total. The first kappa shape index (κ1) is 14.6. The van der Waals surface area contributed by atoms with Gasteiger partial charge in [0.2, 0.25) is 5.91 Å². The molecule has 0 aromatic heterocycles. The number of piperidine rings is 1. The van der Waals surface area contributed by atoms with E-state index in [1.165, 1.54) is 6.07 Å². The van der Waals surface area contributed by atoms with Gasteiger partial charge in [0.05, 0.1) is 0 Å². The van der Waals surface area contributed by atoms with Crippen LogP contribution in [0.1, 0.15) is 19.8 Å². The van der Waals surface area contributed by atoms with Gasteiger partial charge < -0.3 is 9.80 Å². The number of benzene rings is 1. The fourth-order valence-electron chi connectivity index (χ4n) is 2.52. The van der Waals surface area contributed by atoms with Crippen LogP contribution in [0.5, 0.6) is 0 Å². The molecule has 0 unspecified atom stereocenters. The quantitative estimate of drug-likeness (QED) is 0.742. The van der Waals surface area contributed by atoms with Gasteiger partial charge >= 0.3 is 0 Å². The standard InChI is InChI=1S/C14H18FIN2O/c1-10(19)18-5-3-13(4-6-18)17(2)14-8-11(15)7-12(16)9-14/h7-9,13H,3-6H2,1-2H3. The molecule has 1 fully saturated rings. The molecule has 1 aromatic carbocycles. The molecule has 0 aliphatic carbocycles. The van der Waals surface area contributed by atoms with Crippen LogP contribution in [0, 0.1) is 9.39 Å². The van der Waals surface area contributed by atoms with E-state index in [0.29, 0.717) is 6.04 Å². The normalized spacial score (nSPS) is 16.5. The second-order valence-electron chi connectivity index (χ2n) is 4.98. The van der Waals surface area contributed by atoms with Gasteiger partial charge in [0.1, 0.15) is 5.82 Å². The number of nitrogens with zero attached hydrogens (tertiary/aromatic N) is 2. The van der Waals surface area contributed by atoms with Gasteiger partial charge in [-0.3, -0.25) is 4.79 Å². The number of carbonyl (C=O) groups excluding carboxylic acids is 1. The molecule has 104 valence electrons. The summed E-state index contributed by atoms with van der Waals surface area (Å²) in [6.07, 6.45) is 1.87. The number of hydrogen-bond donors (Lipinski definition) is 0. The van der Waals surface area contributed by atoms with Crippen molar-refractivity contribution in [3.63, 3.8) is 0 Å². The smallest absolute Gasteiger partial charge is 0.219 e. The summed E-state index contributed by atoms with van der Waals surface area (Å²) in [6.45, 7) is 3.19. The molecular weight excluding hydrogens is 358 g/mol. The topological polar surface area (TPSA) is 23.6 Å². The van der Waals surface area contributed by atoms with Crippen molar-refractivity contribution in [3.8, 4) is 0 Å². The monoisotopic (exact) mass is 376 g/mol. The van der Waals surface area contributed by atoms with E-state index in [-0.39, 0.29) is 11.7 Å². The Labute approximate surface area is 126 Å². The van der Waals surface area contributed by atoms with Gasteiger partial charge in [0, 0.05) is 42.4 Å². The van der Waals surface area contributed by atoms with Crippen LogP contribution in [-0.4, -0.2) is 37.0 Å². The average molecular weight is 376 g/mol. The van der Waals surface area contributed by atoms with Crippen LogP contribution >= 0.6 is 22.6 Å². The fourth-order valence-corrected chi connectivity index (χ4v) is 3.14. The maximum Gasteiger partial charge on any atom is 0.219 e. The van der Waals surface area contributed by atoms with E-state index in [9.17, 15) is 9.18 Å². The van der Waals surface area contributed by atoms with Crippen molar-refractivity contribution in [2.75, 3.05) is 25.0 Å². The molecule has 1 aliphatic heterocycles. The minimum atomic E-state index is -0.199. The molecule has 0 N–H and O–H groups in total. The zero-order valence-electron chi connectivity index (χ0n) is 11.2. The van der Waals surface area contributed by atoms with Gasteiger partial charge in [-0.2, -0.15) is 0 Å². The SMILES string of the molecule is CC(=O)N1CCC(N(C)c2cc(F)cc(I)c2)CC1. The number of rotatable bonds is 2. The Kier molecular flexibility index (Phi) is 4.65. The lowest BCUT2D eigenvalue weighted by atomic mass is 10.0. The molecule has 1 aliphatic rings. The van der Waals surface area contributed by atoms with Gasteiger partial charge in [-0.25, -0.2) is 4.39 Å². The molecule has 0 spiro atoms. The highest BCUT2D eigenvalue weighted by atomic mass is 127. The van der Waals surface area contributed by atoms with Crippen molar-refractivity contribution in [1.82, 2.24) is 4.90 Å². The molecule has 0 atom stereocenters. The highest BCUT2D eigenvalue weighted by molar-refractivity contribution is 14.1. The first-order chi connectivity index (χ1) is 8.97. The highest BCUT2D eigenvalue weighted by Gasteiger charge is 2.24. The number of anilines is 1. The Morgan fingerprint density at radius 3 is 2.53 bits per heavy atom. The predicted octanol–water partition coefficient (Wildman–Crippen LogP) is 2.88. The minimum absolute atomic E-state index is 0.140. The largest absolute Gasteiger partial charge is 0.371 e. The fraction of sp³-hybridized carbons (Fsp3) is 0.500. The summed E-state index contributed by atoms with van der Waals surface area (Å²) in [6, 6.07) is 5.45. The molecule has 2 rings (SSSR count). The number of hydrogen-bond acceptors (Lipinski definition) is 2. The third-order valence-corrected chi connectivity index (χ3v) is 4.33. The molecule has 0 radical (unpaired) electrons. The Morgan fingerprint density at radius 2 is 2.00 bits per heavy atom. The zero-order valence-corrected chi connectivity index (χ0v) is 13.4. The van der Waals surface area contributed by atoms with Crippen LogP contribution in [0.3, 0.4) is 0 Å². The summed E-state index contributed by atoms with van der Waals surface area (Å²) in [5.41, 5.74) is 0.908. The first-order valence-electron chi connectivity index (χ1n) is 6.42. The average Bonchev–Trinajstić information content (AvgIpc) is 2.37. The molecule has 1 saturated heterocycles. The molecule has 5 heteroatoms. The summed E-state index contributed by atoms with van der Waals surface area (Å²) in [5, 5.41) is 0. The van der Waals surface area contributed by atoms with E-state index in [1.807, 2.05) is 18.0 Å². The summed E-state index contributed by atoms with van der Waals surface area (Å²) in [4.78, 5) is 15.3. The van der Waals surface area contributed by atoms with Crippen LogP contribution < -0.4 is 4.90 Å². The molecule has 0 saturated carbocycles. The molecule has 0 bridgehead atoms. The van der Waals surface area contributed by atoms with E-state index in [4.69, 9.17) is 0 Å². The molecule has 1 heterocycles. The Morgan fingerprint density at radius 1 is 1.37 bits per heavy atom. The lowest BCUT2D eigenvalue weighted by Gasteiger charge is -2.37.